The van der Waals surface area contributed by atoms with Crippen molar-refractivity contribution in [2.24, 2.45) is 0 Å². The summed E-state index contributed by atoms with van der Waals surface area (Å²) < 4.78 is 21.6. The molecule has 0 radical (unpaired) electrons. The zero-order valence-electron chi connectivity index (χ0n) is 16.2. The summed E-state index contributed by atoms with van der Waals surface area (Å²) in [5.74, 6) is -1.22. The molecule has 0 spiro atoms. The highest BCUT2D eigenvalue weighted by molar-refractivity contribution is 5.99. The van der Waals surface area contributed by atoms with Gasteiger partial charge in [-0.1, -0.05) is 30.3 Å². The Morgan fingerprint density at radius 1 is 1.07 bits per heavy atom. The van der Waals surface area contributed by atoms with Gasteiger partial charge in [-0.05, 0) is 25.1 Å². The third-order valence-corrected chi connectivity index (χ3v) is 4.60. The third kappa shape index (κ3) is 3.84. The van der Waals surface area contributed by atoms with Crippen LogP contribution in [-0.2, 0) is 25.7 Å². The minimum atomic E-state index is -1.00. The molecule has 0 aliphatic carbocycles. The van der Waals surface area contributed by atoms with E-state index in [0.717, 1.165) is 0 Å². The molecular weight excluding hydrogens is 390 g/mol. The van der Waals surface area contributed by atoms with Gasteiger partial charge in [0.1, 0.15) is 17.9 Å². The zero-order valence-corrected chi connectivity index (χ0v) is 16.2. The van der Waals surface area contributed by atoms with Crippen LogP contribution in [0.5, 0.6) is 5.75 Å². The number of hydrogen-bond donors (Lipinski definition) is 1. The molecule has 1 aliphatic rings. The van der Waals surface area contributed by atoms with Gasteiger partial charge in [-0.15, -0.1) is 0 Å². The van der Waals surface area contributed by atoms with Crippen molar-refractivity contribution in [2.75, 3.05) is 11.9 Å². The summed E-state index contributed by atoms with van der Waals surface area (Å²) in [6.07, 6.45) is -1.27. The molecule has 1 aliphatic heterocycles. The van der Waals surface area contributed by atoms with Gasteiger partial charge in [-0.2, -0.15) is 0 Å². The highest BCUT2D eigenvalue weighted by Crippen LogP contribution is 2.30. The first-order valence-corrected chi connectivity index (χ1v) is 9.46. The van der Waals surface area contributed by atoms with E-state index in [-0.39, 0.29) is 25.4 Å². The molecule has 4 rings (SSSR count). The van der Waals surface area contributed by atoms with E-state index >= 15 is 0 Å². The fourth-order valence-electron chi connectivity index (χ4n) is 3.19. The van der Waals surface area contributed by atoms with Crippen LogP contribution < -0.4 is 10.1 Å². The van der Waals surface area contributed by atoms with Gasteiger partial charge < -0.3 is 23.9 Å². The number of furan rings is 1. The molecule has 0 saturated heterocycles. The van der Waals surface area contributed by atoms with Crippen LogP contribution in [0.1, 0.15) is 29.5 Å². The number of nitrogens with one attached hydrogen (secondary N) is 1. The Balaban J connectivity index is 1.46. The molecule has 0 unspecified atom stereocenters. The number of benzene rings is 2. The highest BCUT2D eigenvalue weighted by Gasteiger charge is 2.30. The quantitative estimate of drug-likeness (QED) is 0.622. The summed E-state index contributed by atoms with van der Waals surface area (Å²) in [4.78, 5) is 36.8. The number of amides is 1. The topological polar surface area (TPSA) is 104 Å². The maximum atomic E-state index is 12.4. The number of ether oxygens (including phenoxy) is 3. The summed E-state index contributed by atoms with van der Waals surface area (Å²) in [5.41, 5.74) is 1.45. The molecule has 1 N–H and O–H groups in total. The van der Waals surface area contributed by atoms with E-state index in [4.69, 9.17) is 18.6 Å². The van der Waals surface area contributed by atoms with Gasteiger partial charge in [-0.25, -0.2) is 4.79 Å². The third-order valence-electron chi connectivity index (χ3n) is 4.60. The molecule has 1 amide bonds. The number of fused-ring (bicyclic) bond motifs is 2. The van der Waals surface area contributed by atoms with E-state index in [9.17, 15) is 14.4 Å². The van der Waals surface area contributed by atoms with Crippen LogP contribution in [0.25, 0.3) is 11.0 Å². The smallest absolute Gasteiger partial charge is 0.374 e. The molecule has 1 aromatic heterocycles. The maximum Gasteiger partial charge on any atom is 0.374 e. The fourth-order valence-corrected chi connectivity index (χ4v) is 3.19. The maximum absolute atomic E-state index is 12.4. The summed E-state index contributed by atoms with van der Waals surface area (Å²) in [5, 5.41) is 3.35. The SMILES string of the molecule is CCOC(=O)c1oc2ccccc2c1COC(=O)C[C@@H]1Oc2ccccc2NC1=O. The van der Waals surface area contributed by atoms with E-state index in [0.29, 0.717) is 28.0 Å². The largest absolute Gasteiger partial charge is 0.478 e. The van der Waals surface area contributed by atoms with E-state index in [1.807, 2.05) is 0 Å². The second-order valence-electron chi connectivity index (χ2n) is 6.58. The minimum absolute atomic E-state index is 0.00793. The lowest BCUT2D eigenvalue weighted by molar-refractivity contribution is -0.149. The van der Waals surface area contributed by atoms with Crippen molar-refractivity contribution >= 4 is 34.5 Å². The standard InChI is InChI=1S/C22H19NO7/c1-2-27-22(26)20-14(13-7-3-5-9-16(13)30-20)12-28-19(24)11-18-21(25)23-15-8-4-6-10-17(15)29-18/h3-10,18H,2,11-12H2,1H3,(H,23,25)/t18-/m0/s1. The Labute approximate surface area is 171 Å². The van der Waals surface area contributed by atoms with Crippen LogP contribution in [0.4, 0.5) is 5.69 Å². The summed E-state index contributed by atoms with van der Waals surface area (Å²) >= 11 is 0. The second kappa shape index (κ2) is 8.28. The van der Waals surface area contributed by atoms with E-state index in [2.05, 4.69) is 5.32 Å². The van der Waals surface area contributed by atoms with Gasteiger partial charge in [0.25, 0.3) is 5.91 Å². The summed E-state index contributed by atoms with van der Waals surface area (Å²) in [6.45, 7) is 1.67. The number of rotatable bonds is 6. The van der Waals surface area contributed by atoms with E-state index in [1.54, 1.807) is 55.5 Å². The Hall–Kier alpha value is -3.81. The van der Waals surface area contributed by atoms with Crippen molar-refractivity contribution in [1.82, 2.24) is 0 Å². The molecular formula is C22H19NO7. The van der Waals surface area contributed by atoms with Gasteiger partial charge in [0.2, 0.25) is 5.76 Å². The van der Waals surface area contributed by atoms with Crippen molar-refractivity contribution in [2.45, 2.75) is 26.1 Å². The molecule has 30 heavy (non-hydrogen) atoms. The van der Waals surface area contributed by atoms with Crippen molar-refractivity contribution in [3.63, 3.8) is 0 Å². The molecule has 2 heterocycles. The number of esters is 2. The number of carbonyl (C=O) groups excluding carboxylic acids is 3. The predicted octanol–water partition coefficient (Wildman–Crippen LogP) is 3.44. The van der Waals surface area contributed by atoms with Crippen LogP contribution in [0.2, 0.25) is 0 Å². The first-order chi connectivity index (χ1) is 14.6. The predicted molar refractivity (Wildman–Crippen MR) is 106 cm³/mol. The van der Waals surface area contributed by atoms with Crippen molar-refractivity contribution in [3.8, 4) is 5.75 Å². The van der Waals surface area contributed by atoms with E-state index < -0.39 is 23.9 Å². The Kier molecular flexibility index (Phi) is 5.38. The Bertz CT molecular complexity index is 1120. The van der Waals surface area contributed by atoms with Crippen molar-refractivity contribution in [3.05, 3.63) is 59.9 Å². The van der Waals surface area contributed by atoms with Gasteiger partial charge in [0, 0.05) is 5.39 Å². The Morgan fingerprint density at radius 2 is 1.83 bits per heavy atom. The number of hydrogen-bond acceptors (Lipinski definition) is 7. The fraction of sp³-hybridized carbons (Fsp3) is 0.227. The molecule has 154 valence electrons. The monoisotopic (exact) mass is 409 g/mol. The molecule has 2 aromatic carbocycles. The average molecular weight is 409 g/mol. The number of anilines is 1. The molecule has 0 saturated carbocycles. The first kappa shape index (κ1) is 19.5. The minimum Gasteiger partial charge on any atom is -0.478 e. The highest BCUT2D eigenvalue weighted by atomic mass is 16.6. The van der Waals surface area contributed by atoms with Gasteiger partial charge >= 0.3 is 11.9 Å². The lowest BCUT2D eigenvalue weighted by Crippen LogP contribution is -2.38. The van der Waals surface area contributed by atoms with Crippen molar-refractivity contribution in [1.29, 1.82) is 0 Å². The van der Waals surface area contributed by atoms with Gasteiger partial charge in [0.05, 0.1) is 24.3 Å². The molecule has 0 fully saturated rings. The van der Waals surface area contributed by atoms with Gasteiger partial charge in [0.15, 0.2) is 6.10 Å². The molecule has 0 bridgehead atoms. The molecule has 3 aromatic rings. The van der Waals surface area contributed by atoms with Gasteiger partial charge in [-0.3, -0.25) is 9.59 Å². The van der Waals surface area contributed by atoms with Crippen LogP contribution in [0.3, 0.4) is 0 Å². The zero-order chi connectivity index (χ0) is 21.1. The normalized spacial score (nSPS) is 15.1. The van der Waals surface area contributed by atoms with Crippen LogP contribution in [0.15, 0.2) is 52.9 Å². The van der Waals surface area contributed by atoms with Crippen LogP contribution >= 0.6 is 0 Å². The lowest BCUT2D eigenvalue weighted by Gasteiger charge is -2.25. The summed E-state index contributed by atoms with van der Waals surface area (Å²) in [6, 6.07) is 14.0. The van der Waals surface area contributed by atoms with Crippen molar-refractivity contribution < 1.29 is 33.0 Å². The average Bonchev–Trinajstić information content (AvgIpc) is 3.12. The lowest BCUT2D eigenvalue weighted by atomic mass is 10.1. The number of para-hydroxylation sites is 3. The van der Waals surface area contributed by atoms with E-state index in [1.165, 1.54) is 0 Å². The Morgan fingerprint density at radius 3 is 2.67 bits per heavy atom. The van der Waals surface area contributed by atoms with Crippen LogP contribution in [-0.4, -0.2) is 30.6 Å². The molecule has 1 atom stereocenters. The first-order valence-electron chi connectivity index (χ1n) is 9.46. The second-order valence-corrected chi connectivity index (χ2v) is 6.58. The number of carbonyl (C=O) groups is 3. The van der Waals surface area contributed by atoms with Crippen LogP contribution in [0, 0.1) is 0 Å². The molecule has 8 nitrogen and oxygen atoms in total. The summed E-state index contributed by atoms with van der Waals surface area (Å²) in [7, 11) is 0. The molecule has 8 heteroatoms.